The van der Waals surface area contributed by atoms with Gasteiger partial charge in [-0.1, -0.05) is 0 Å². The molecule has 4 rings (SSSR count). The van der Waals surface area contributed by atoms with E-state index in [9.17, 15) is 31.5 Å². The summed E-state index contributed by atoms with van der Waals surface area (Å²) in [6.07, 6.45) is -9.16. The van der Waals surface area contributed by atoms with Gasteiger partial charge in [0.15, 0.2) is 16.8 Å². The Labute approximate surface area is 263 Å². The van der Waals surface area contributed by atoms with Gasteiger partial charge in [0.25, 0.3) is 12.3 Å². The molecule has 10 nitrogen and oxygen atoms in total. The lowest BCUT2D eigenvalue weighted by molar-refractivity contribution is -0.137. The molecule has 1 fully saturated rings. The molecule has 1 aromatic heterocycles. The Morgan fingerprint density at radius 2 is 1.76 bits per heavy atom. The summed E-state index contributed by atoms with van der Waals surface area (Å²) in [7, 11) is 0. The molecule has 2 heterocycles. The summed E-state index contributed by atoms with van der Waals surface area (Å²) >= 11 is 5.49. The third-order valence-electron chi connectivity index (χ3n) is 6.46. The van der Waals surface area contributed by atoms with E-state index in [2.05, 4.69) is 9.97 Å². The first kappa shape index (κ1) is 34.2. The van der Waals surface area contributed by atoms with Crippen LogP contribution in [0.1, 0.15) is 58.0 Å². The van der Waals surface area contributed by atoms with Gasteiger partial charge in [-0.15, -0.1) is 0 Å². The van der Waals surface area contributed by atoms with Gasteiger partial charge >= 0.3 is 12.3 Å². The number of alkyl halides is 5. The number of aromatic nitrogens is 2. The van der Waals surface area contributed by atoms with Crippen molar-refractivity contribution >= 4 is 51.7 Å². The molecule has 0 unspecified atom stereocenters. The van der Waals surface area contributed by atoms with E-state index in [-0.39, 0.29) is 21.9 Å². The van der Waals surface area contributed by atoms with Crippen LogP contribution in [0.25, 0.3) is 10.9 Å². The summed E-state index contributed by atoms with van der Waals surface area (Å²) in [5, 5.41) is 8.58. The molecule has 1 amide bonds. The molecule has 0 aliphatic carbocycles. The van der Waals surface area contributed by atoms with Crippen molar-refractivity contribution in [3.63, 3.8) is 0 Å². The average molecular weight is 670 g/mol. The highest BCUT2D eigenvalue weighted by molar-refractivity contribution is 7.81. The molecular weight excluding hydrogens is 644 g/mol. The first-order chi connectivity index (χ1) is 21.3. The zero-order valence-corrected chi connectivity index (χ0v) is 25.6. The van der Waals surface area contributed by atoms with Crippen LogP contribution in [-0.2, 0) is 20.4 Å². The number of ether oxygens (including phenoxy) is 3. The summed E-state index contributed by atoms with van der Waals surface area (Å²) in [6, 6.07) is 6.15. The molecule has 0 radical (unpaired) electrons. The monoisotopic (exact) mass is 669 g/mol. The first-order valence-electron chi connectivity index (χ1n) is 13.3. The molecule has 46 heavy (non-hydrogen) atoms. The second kappa shape index (κ2) is 12.2. The maximum Gasteiger partial charge on any atom is 0.508 e. The maximum atomic E-state index is 15.5. The number of benzene rings is 2. The van der Waals surface area contributed by atoms with Crippen LogP contribution in [0.3, 0.4) is 0 Å². The summed E-state index contributed by atoms with van der Waals surface area (Å²) in [5.74, 6) is -3.48. The van der Waals surface area contributed by atoms with Crippen LogP contribution < -0.4 is 14.5 Å². The minimum atomic E-state index is -4.92. The van der Waals surface area contributed by atoms with Crippen molar-refractivity contribution in [3.8, 4) is 11.9 Å². The minimum Gasteiger partial charge on any atom is -0.474 e. The van der Waals surface area contributed by atoms with Crippen LogP contribution in [0.15, 0.2) is 30.3 Å². The highest BCUT2D eigenvalue weighted by Gasteiger charge is 2.51. The van der Waals surface area contributed by atoms with Crippen LogP contribution in [0.4, 0.5) is 42.5 Å². The summed E-state index contributed by atoms with van der Waals surface area (Å²) in [5.41, 5.74) is -5.38. The Balaban J connectivity index is 1.74. The number of rotatable bonds is 7. The number of nitrogens with zero attached hydrogens (tertiary/aromatic N) is 5. The van der Waals surface area contributed by atoms with E-state index in [1.54, 1.807) is 20.8 Å². The molecule has 2 aromatic carbocycles. The van der Waals surface area contributed by atoms with Crippen LogP contribution in [-0.4, -0.2) is 51.5 Å². The number of halogens is 6. The molecule has 3 aromatic rings. The molecule has 0 atom stereocenters. The first-order valence-corrected chi connectivity index (χ1v) is 13.7. The molecule has 0 spiro atoms. The van der Waals surface area contributed by atoms with Crippen molar-refractivity contribution in [2.24, 2.45) is 0 Å². The number of nitriles is 1. The standard InChI is InChI=1S/C29H25F6N5O5S/c1-27(2,3)45-26(42)44-9-8-43-23-17-10-16(12-19(30)20(17)37-22(38-23)21(31)32)40-25(46)39(24(41)28(40,4)5)15-7-6-14(13-36)18(11-15)29(33,34)35/h6-7,10-12,21H,8-9H2,1-5H3. The van der Waals surface area contributed by atoms with Gasteiger partial charge in [-0.05, 0) is 77.2 Å². The Bertz CT molecular complexity index is 1770. The van der Waals surface area contributed by atoms with Gasteiger partial charge in [-0.3, -0.25) is 9.69 Å². The molecule has 0 saturated carbocycles. The fourth-order valence-electron chi connectivity index (χ4n) is 4.50. The number of thiocarbonyl (C=S) groups is 1. The molecule has 244 valence electrons. The smallest absolute Gasteiger partial charge is 0.474 e. The number of carbonyl (C=O) groups excluding carboxylic acids is 2. The predicted molar refractivity (Wildman–Crippen MR) is 155 cm³/mol. The molecule has 1 saturated heterocycles. The lowest BCUT2D eigenvalue weighted by atomic mass is 10.0. The predicted octanol–water partition coefficient (Wildman–Crippen LogP) is 6.84. The maximum absolute atomic E-state index is 15.5. The average Bonchev–Trinajstić information content (AvgIpc) is 3.11. The van der Waals surface area contributed by atoms with E-state index in [1.165, 1.54) is 26.0 Å². The fraction of sp³-hybridized carbons (Fsp3) is 0.379. The van der Waals surface area contributed by atoms with E-state index < -0.39 is 83.2 Å². The van der Waals surface area contributed by atoms with Gasteiger partial charge in [0, 0.05) is 5.69 Å². The van der Waals surface area contributed by atoms with Crippen molar-refractivity contribution in [2.45, 2.75) is 58.4 Å². The van der Waals surface area contributed by atoms with Crippen molar-refractivity contribution in [3.05, 3.63) is 53.1 Å². The fourth-order valence-corrected chi connectivity index (χ4v) is 5.03. The van der Waals surface area contributed by atoms with Gasteiger partial charge in [-0.2, -0.15) is 23.4 Å². The summed E-state index contributed by atoms with van der Waals surface area (Å²) < 4.78 is 99.1. The number of amides is 1. The van der Waals surface area contributed by atoms with Gasteiger partial charge < -0.3 is 19.1 Å². The Kier molecular flexibility index (Phi) is 9.08. The van der Waals surface area contributed by atoms with E-state index in [1.807, 2.05) is 0 Å². The van der Waals surface area contributed by atoms with E-state index >= 15 is 4.39 Å². The van der Waals surface area contributed by atoms with Crippen molar-refractivity contribution in [1.29, 1.82) is 5.26 Å². The van der Waals surface area contributed by atoms with Gasteiger partial charge in [0.1, 0.15) is 29.9 Å². The van der Waals surface area contributed by atoms with E-state index in [0.29, 0.717) is 6.07 Å². The topological polar surface area (TPSA) is 118 Å². The number of hydrogen-bond acceptors (Lipinski definition) is 9. The van der Waals surface area contributed by atoms with Gasteiger partial charge in [0.05, 0.1) is 28.3 Å². The number of carbonyl (C=O) groups is 2. The normalized spacial score (nSPS) is 15.0. The van der Waals surface area contributed by atoms with Crippen LogP contribution in [0.5, 0.6) is 5.88 Å². The Hall–Kier alpha value is -4.72. The number of fused-ring (bicyclic) bond motifs is 1. The van der Waals surface area contributed by atoms with Crippen molar-refractivity contribution in [1.82, 2.24) is 9.97 Å². The molecule has 0 N–H and O–H groups in total. The molecule has 1 aliphatic rings. The number of anilines is 2. The zero-order valence-electron chi connectivity index (χ0n) is 24.8. The highest BCUT2D eigenvalue weighted by atomic mass is 32.1. The molecule has 0 bridgehead atoms. The second-order valence-electron chi connectivity index (χ2n) is 11.3. The van der Waals surface area contributed by atoms with Gasteiger partial charge in [-0.25, -0.2) is 22.9 Å². The van der Waals surface area contributed by atoms with E-state index in [0.717, 1.165) is 28.0 Å². The highest BCUT2D eigenvalue weighted by Crippen LogP contribution is 2.41. The Morgan fingerprint density at radius 3 is 2.35 bits per heavy atom. The quantitative estimate of drug-likeness (QED) is 0.115. The lowest BCUT2D eigenvalue weighted by Gasteiger charge is -2.29. The third kappa shape index (κ3) is 6.76. The molecule has 1 aliphatic heterocycles. The summed E-state index contributed by atoms with van der Waals surface area (Å²) in [4.78, 5) is 34.6. The summed E-state index contributed by atoms with van der Waals surface area (Å²) in [6.45, 7) is 6.80. The SMILES string of the molecule is CC(C)(C)OC(=O)OCCOc1nc(C(F)F)nc2c(F)cc(N3C(=S)N(c4ccc(C#N)c(C(F)(F)F)c4)C(=O)C3(C)C)cc12. The van der Waals surface area contributed by atoms with Crippen molar-refractivity contribution in [2.75, 3.05) is 23.0 Å². The van der Waals surface area contributed by atoms with Crippen LogP contribution >= 0.6 is 12.2 Å². The molecular formula is C29H25F6N5O5S. The van der Waals surface area contributed by atoms with Gasteiger partial charge in [0.2, 0.25) is 5.88 Å². The van der Waals surface area contributed by atoms with Crippen LogP contribution in [0, 0.1) is 17.1 Å². The molecule has 17 heteroatoms. The zero-order chi connectivity index (χ0) is 34.4. The lowest BCUT2D eigenvalue weighted by Crippen LogP contribution is -2.44. The second-order valence-corrected chi connectivity index (χ2v) is 11.7. The van der Waals surface area contributed by atoms with E-state index in [4.69, 9.17) is 31.7 Å². The Morgan fingerprint density at radius 1 is 1.09 bits per heavy atom. The third-order valence-corrected chi connectivity index (χ3v) is 6.83. The minimum absolute atomic E-state index is 0.108. The number of hydrogen-bond donors (Lipinski definition) is 0. The largest absolute Gasteiger partial charge is 0.508 e. The van der Waals surface area contributed by atoms with Crippen molar-refractivity contribution < 1.29 is 50.1 Å². The van der Waals surface area contributed by atoms with Crippen LogP contribution in [0.2, 0.25) is 0 Å².